The Labute approximate surface area is 56.3 Å². The molecule has 0 radical (unpaired) electrons. The van der Waals surface area contributed by atoms with Gasteiger partial charge in [0.2, 0.25) is 0 Å². The smallest absolute Gasteiger partial charge is 0.0622 e. The number of hydrogen-bond acceptors (Lipinski definition) is 2. The minimum atomic E-state index is -3.26. The summed E-state index contributed by atoms with van der Waals surface area (Å²) in [6, 6.07) is -2.98. The van der Waals surface area contributed by atoms with Crippen molar-refractivity contribution >= 4 is 0 Å². The molecule has 7 heavy (non-hydrogen) atoms. The average Bonchev–Trinajstić information content (AvgIpc) is 2.07. The van der Waals surface area contributed by atoms with Gasteiger partial charge < -0.3 is 10.5 Å². The molecule has 1 fully saturated rings. The van der Waals surface area contributed by atoms with E-state index in [2.05, 4.69) is 4.74 Å². The minimum Gasteiger partial charge on any atom is -0.377 e. The summed E-state index contributed by atoms with van der Waals surface area (Å²) in [5.74, 6) is 0. The molecular formula is C5H11NO. The summed E-state index contributed by atoms with van der Waals surface area (Å²) >= 11 is 0. The molecular weight excluding hydrogens is 90.1 g/mol. The third-order valence-corrected chi connectivity index (χ3v) is 0.511. The zero-order valence-electron chi connectivity index (χ0n) is 12.5. The number of nitrogens with two attached hydrogens (primary N) is 1. The highest BCUT2D eigenvalue weighted by molar-refractivity contribution is 4.71. The maximum Gasteiger partial charge on any atom is 0.0622 e. The molecule has 0 aromatic rings. The van der Waals surface area contributed by atoms with Crippen LogP contribution in [0.25, 0.3) is 0 Å². The topological polar surface area (TPSA) is 35.2 Å². The van der Waals surface area contributed by atoms with E-state index in [1.54, 1.807) is 0 Å². The summed E-state index contributed by atoms with van der Waals surface area (Å²) < 4.78 is 69.3. The predicted molar refractivity (Wildman–Crippen MR) is 28.0 cm³/mol. The van der Waals surface area contributed by atoms with E-state index >= 15 is 0 Å². The highest BCUT2D eigenvalue weighted by Crippen LogP contribution is 2.08. The Morgan fingerprint density at radius 1 is 2.29 bits per heavy atom. The molecule has 0 aliphatic carbocycles. The van der Waals surface area contributed by atoms with E-state index in [9.17, 15) is 0 Å². The van der Waals surface area contributed by atoms with Crippen molar-refractivity contribution in [3.8, 4) is 0 Å². The van der Waals surface area contributed by atoms with E-state index in [1.807, 2.05) is 0 Å². The maximum absolute atomic E-state index is 7.45. The van der Waals surface area contributed by atoms with Crippen molar-refractivity contribution in [2.75, 3.05) is 6.56 Å². The highest BCUT2D eigenvalue weighted by Gasteiger charge is 2.16. The second-order valence-electron chi connectivity index (χ2n) is 1.07. The Bertz CT molecular complexity index is 310. The molecule has 0 bridgehead atoms. The Hall–Kier alpha value is -0.0800. The van der Waals surface area contributed by atoms with Gasteiger partial charge in [-0.25, -0.2) is 0 Å². The molecule has 0 aromatic carbocycles. The van der Waals surface area contributed by atoms with E-state index in [-0.39, 0.29) is 0 Å². The van der Waals surface area contributed by atoms with Crippen LogP contribution in [0.2, 0.25) is 0 Å². The summed E-state index contributed by atoms with van der Waals surface area (Å²) in [4.78, 5) is 0. The van der Waals surface area contributed by atoms with Crippen molar-refractivity contribution < 1.29 is 17.1 Å². The van der Waals surface area contributed by atoms with E-state index in [0.29, 0.717) is 0 Å². The molecule has 1 heterocycles. The van der Waals surface area contributed by atoms with Crippen LogP contribution in [-0.2, 0) is 4.74 Å². The van der Waals surface area contributed by atoms with Crippen LogP contribution in [0.4, 0.5) is 0 Å². The zero-order chi connectivity index (χ0) is 13.2. The van der Waals surface area contributed by atoms with Gasteiger partial charge in [-0.1, -0.05) is 0 Å². The van der Waals surface area contributed by atoms with Gasteiger partial charge in [-0.15, -0.1) is 0 Å². The Kier molecular flexibility index (Phi) is 0.246. The van der Waals surface area contributed by atoms with E-state index in [0.717, 1.165) is 0 Å². The van der Waals surface area contributed by atoms with Crippen LogP contribution in [0.3, 0.4) is 0 Å². The van der Waals surface area contributed by atoms with Gasteiger partial charge in [0.1, 0.15) is 0 Å². The molecule has 42 valence electrons. The van der Waals surface area contributed by atoms with Crippen LogP contribution < -0.4 is 5.73 Å². The quantitative estimate of drug-likeness (QED) is 0.481. The average molecular weight is 110 g/mol. The fourth-order valence-electron chi connectivity index (χ4n) is 0.279. The zero-order valence-corrected chi connectivity index (χ0v) is 3.49. The molecule has 0 amide bonds. The highest BCUT2D eigenvalue weighted by atomic mass is 16.5. The lowest BCUT2D eigenvalue weighted by Gasteiger charge is -1.94. The van der Waals surface area contributed by atoms with Crippen LogP contribution in [-0.4, -0.2) is 18.7 Å². The fraction of sp³-hybridized carbons (Fsp3) is 1.00. The van der Waals surface area contributed by atoms with E-state index in [4.69, 9.17) is 18.1 Å². The lowest BCUT2D eigenvalue weighted by molar-refractivity contribution is 0.124. The fourth-order valence-corrected chi connectivity index (χ4v) is 0.279. The standard InChI is InChI=1S/C5H11NO/c1-4-2-5(6)3-7-4/h4-5H,2-3,6H2,1H3/i1D3,2D2,3D2,4D,5D. The van der Waals surface area contributed by atoms with Gasteiger partial charge in [0.25, 0.3) is 0 Å². The molecule has 1 aliphatic heterocycles. The molecule has 1 aliphatic rings. The van der Waals surface area contributed by atoms with Crippen LogP contribution >= 0.6 is 0 Å². The predicted octanol–water partition coefficient (Wildman–Crippen LogP) is 0.123. The van der Waals surface area contributed by atoms with Gasteiger partial charge in [-0.3, -0.25) is 0 Å². The van der Waals surface area contributed by atoms with Crippen molar-refractivity contribution in [2.45, 2.75) is 25.3 Å². The molecule has 2 atom stereocenters. The van der Waals surface area contributed by atoms with Gasteiger partial charge in [0.15, 0.2) is 0 Å². The maximum atomic E-state index is 7.45. The van der Waals surface area contributed by atoms with Crippen LogP contribution in [0.15, 0.2) is 0 Å². The molecule has 2 heteroatoms. The molecule has 1 saturated heterocycles. The molecule has 1 rings (SSSR count). The van der Waals surface area contributed by atoms with Crippen molar-refractivity contribution in [1.82, 2.24) is 0 Å². The number of hydrogen-bond donors (Lipinski definition) is 1. The first-order valence-electron chi connectivity index (χ1n) is 6.20. The molecule has 2 unspecified atom stereocenters. The van der Waals surface area contributed by atoms with Gasteiger partial charge in [0.05, 0.1) is 16.8 Å². The molecule has 0 aromatic heterocycles. The first-order chi connectivity index (χ1) is 6.71. The summed E-state index contributed by atoms with van der Waals surface area (Å²) in [5, 5.41) is 0. The van der Waals surface area contributed by atoms with Crippen molar-refractivity contribution in [1.29, 1.82) is 0 Å². The van der Waals surface area contributed by atoms with Crippen LogP contribution in [0, 0.1) is 0 Å². The minimum absolute atomic E-state index is 2.98. The second-order valence-corrected chi connectivity index (χ2v) is 1.07. The third kappa shape index (κ3) is 1.14. The summed E-state index contributed by atoms with van der Waals surface area (Å²) in [5.41, 5.74) is 5.13. The first kappa shape index (κ1) is 0.957. The number of rotatable bonds is 0. The van der Waals surface area contributed by atoms with Gasteiger partial charge >= 0.3 is 0 Å². The van der Waals surface area contributed by atoms with Gasteiger partial charge in [-0.2, -0.15) is 0 Å². The normalized spacial score (nSPS) is 98.1. The van der Waals surface area contributed by atoms with Crippen LogP contribution in [0.1, 0.15) is 25.6 Å². The second kappa shape index (κ2) is 1.80. The Balaban J connectivity index is 3.41. The van der Waals surface area contributed by atoms with Crippen molar-refractivity contribution in [3.63, 3.8) is 0 Å². The molecule has 2 N–H and O–H groups in total. The van der Waals surface area contributed by atoms with Crippen molar-refractivity contribution in [3.05, 3.63) is 0 Å². The summed E-state index contributed by atoms with van der Waals surface area (Å²) in [7, 11) is 0. The van der Waals surface area contributed by atoms with E-state index < -0.39 is 31.9 Å². The summed E-state index contributed by atoms with van der Waals surface area (Å²) in [6.07, 6.45) is -6.39. The molecule has 0 saturated carbocycles. The third-order valence-electron chi connectivity index (χ3n) is 0.511. The lowest BCUT2D eigenvalue weighted by Crippen LogP contribution is -2.18. The molecule has 2 nitrogen and oxygen atoms in total. The summed E-state index contributed by atoms with van der Waals surface area (Å²) in [6.45, 7) is -6.32. The van der Waals surface area contributed by atoms with Gasteiger partial charge in [-0.05, 0) is 13.2 Å². The van der Waals surface area contributed by atoms with Crippen molar-refractivity contribution in [2.24, 2.45) is 5.73 Å². The Morgan fingerprint density at radius 2 is 3.14 bits per heavy atom. The molecule has 0 spiro atoms. The lowest BCUT2D eigenvalue weighted by atomic mass is 10.2. The van der Waals surface area contributed by atoms with E-state index in [1.165, 1.54) is 0 Å². The SMILES string of the molecule is [2H]C([2H])([2H])C1([2H])OC([2H])([2H])C([2H])(N)C1([2H])[2H]. The Morgan fingerprint density at radius 3 is 3.43 bits per heavy atom. The largest absolute Gasteiger partial charge is 0.377 e. The van der Waals surface area contributed by atoms with Gasteiger partial charge in [0, 0.05) is 14.2 Å². The van der Waals surface area contributed by atoms with Crippen LogP contribution in [0.5, 0.6) is 0 Å². The number of ether oxygens (including phenoxy) is 1. The monoisotopic (exact) mass is 110 g/mol. The first-order valence-corrected chi connectivity index (χ1v) is 1.70.